The number of rotatable bonds is 26. The fourth-order valence-electron chi connectivity index (χ4n) is 12.6. The fourth-order valence-corrected chi connectivity index (χ4v) is 13.7. The van der Waals surface area contributed by atoms with Crippen LogP contribution in [0.1, 0.15) is 199 Å². The van der Waals surface area contributed by atoms with Crippen LogP contribution in [-0.4, -0.2) is 97.3 Å². The van der Waals surface area contributed by atoms with Gasteiger partial charge in [-0.2, -0.15) is 0 Å². The first kappa shape index (κ1) is 64.2. The third-order valence-electron chi connectivity index (χ3n) is 18.0. The third kappa shape index (κ3) is 17.6. The number of carbonyl (C=O) groups excluding carboxylic acids is 4. The molecule has 2 aromatic carbocycles. The first-order valence-corrected chi connectivity index (χ1v) is 33.1. The lowest BCUT2D eigenvalue weighted by molar-refractivity contribution is -0.191. The van der Waals surface area contributed by atoms with E-state index < -0.39 is 14.3 Å². The van der Waals surface area contributed by atoms with E-state index in [0.29, 0.717) is 49.1 Å². The summed E-state index contributed by atoms with van der Waals surface area (Å²) in [6.45, 7) is 17.0. The van der Waals surface area contributed by atoms with Crippen LogP contribution < -0.4 is 9.47 Å². The summed E-state index contributed by atoms with van der Waals surface area (Å²) in [7, 11) is 0.495. The van der Waals surface area contributed by atoms with Crippen molar-refractivity contribution in [3.8, 4) is 11.5 Å². The summed E-state index contributed by atoms with van der Waals surface area (Å²) in [5.41, 5.74) is 6.59. The van der Waals surface area contributed by atoms with Gasteiger partial charge in [-0.25, -0.2) is 9.59 Å². The average molecular weight is 1120 g/mol. The summed E-state index contributed by atoms with van der Waals surface area (Å²) in [5, 5.41) is 0.000642. The van der Waals surface area contributed by atoms with Gasteiger partial charge in [0, 0.05) is 37.5 Å². The maximum Gasteiger partial charge on any atom is 0.343 e. The molecule has 13 nitrogen and oxygen atoms in total. The summed E-state index contributed by atoms with van der Waals surface area (Å²) in [5.74, 6) is 2.16. The zero-order valence-corrected chi connectivity index (χ0v) is 50.1. The molecule has 8 rings (SSSR count). The largest absolute Gasteiger partial charge is 0.482 e. The van der Waals surface area contributed by atoms with Crippen molar-refractivity contribution in [3.05, 3.63) is 69.8 Å². The monoisotopic (exact) mass is 1120 g/mol. The van der Waals surface area contributed by atoms with Crippen LogP contribution in [0.25, 0.3) is 0 Å². The number of Topliss-reactive ketones (excluding diaryl/α,β-unsaturated/α-hetero) is 2. The zero-order chi connectivity index (χ0) is 55.8. The predicted octanol–water partition coefficient (Wildman–Crippen LogP) is 14.1. The van der Waals surface area contributed by atoms with Crippen molar-refractivity contribution < 1.29 is 61.5 Å². The van der Waals surface area contributed by atoms with Crippen molar-refractivity contribution in [2.45, 2.75) is 239 Å². The van der Waals surface area contributed by atoms with E-state index in [1.54, 1.807) is 0 Å². The Bertz CT molecular complexity index is 2310. The van der Waals surface area contributed by atoms with Gasteiger partial charge in [-0.05, 0) is 172 Å². The van der Waals surface area contributed by atoms with E-state index in [-0.39, 0.29) is 80.2 Å². The van der Waals surface area contributed by atoms with Gasteiger partial charge in [0.05, 0.1) is 32.5 Å². The van der Waals surface area contributed by atoms with Gasteiger partial charge in [0.25, 0.3) is 0 Å². The Kier molecular flexibility index (Phi) is 25.2. The van der Waals surface area contributed by atoms with Gasteiger partial charge >= 0.3 is 11.9 Å². The van der Waals surface area contributed by atoms with Gasteiger partial charge in [-0.15, -0.1) is 0 Å². The lowest BCUT2D eigenvalue weighted by Gasteiger charge is -2.43. The van der Waals surface area contributed by atoms with Crippen molar-refractivity contribution in [1.82, 2.24) is 0 Å². The molecule has 0 aromatic heterocycles. The van der Waals surface area contributed by atoms with Crippen LogP contribution in [0.4, 0.5) is 0 Å². The molecule has 2 aromatic rings. The Hall–Kier alpha value is -3.92. The molecule has 2 aliphatic heterocycles. The van der Waals surface area contributed by atoms with Gasteiger partial charge in [-0.1, -0.05) is 105 Å². The molecule has 0 spiro atoms. The minimum Gasteiger partial charge on any atom is -0.482 e. The summed E-state index contributed by atoms with van der Waals surface area (Å²) >= 11 is 0. The van der Waals surface area contributed by atoms with Crippen LogP contribution in [0, 0.1) is 23.7 Å². The van der Waals surface area contributed by atoms with Gasteiger partial charge in [0.1, 0.15) is 17.3 Å². The third-order valence-corrected chi connectivity index (χ3v) is 22.4. The molecule has 79 heavy (non-hydrogen) atoms. The first-order chi connectivity index (χ1) is 37.5. The Morgan fingerprint density at radius 1 is 0.696 bits per heavy atom. The normalized spacial score (nSPS) is 24.4. The van der Waals surface area contributed by atoms with E-state index in [1.807, 2.05) is 24.3 Å². The fraction of sp³-hybridized carbons (Fsp3) is 0.723. The molecule has 2 saturated heterocycles. The molecule has 14 heteroatoms. The number of methoxy groups -OCH3 is 2. The number of allylic oxidation sites excluding steroid dienone is 1. The lowest BCUT2D eigenvalue weighted by atomic mass is 9.73. The van der Waals surface area contributed by atoms with Crippen LogP contribution in [0.2, 0.25) is 18.1 Å². The summed E-state index contributed by atoms with van der Waals surface area (Å²) in [6, 6.07) is 12.0. The second kappa shape index (κ2) is 30.9. The van der Waals surface area contributed by atoms with E-state index in [1.165, 1.54) is 58.3 Å². The number of benzene rings is 2. The van der Waals surface area contributed by atoms with Crippen LogP contribution in [0.15, 0.2) is 47.5 Å². The van der Waals surface area contributed by atoms with Gasteiger partial charge in [0.15, 0.2) is 39.9 Å². The number of ketones is 2. The van der Waals surface area contributed by atoms with Crippen LogP contribution >= 0.6 is 0 Å². The predicted molar refractivity (Wildman–Crippen MR) is 311 cm³/mol. The molecular formula is C65H100O13Si. The molecule has 9 atom stereocenters. The molecule has 3 fully saturated rings. The second-order valence-electron chi connectivity index (χ2n) is 24.5. The molecule has 0 amide bonds. The minimum absolute atomic E-state index is 0. The number of hydrogen-bond acceptors (Lipinski definition) is 13. The number of esters is 2. The maximum atomic E-state index is 13.7. The molecule has 1 saturated carbocycles. The van der Waals surface area contributed by atoms with E-state index in [2.05, 4.69) is 59.8 Å². The number of unbranched alkanes of at least 4 members (excludes halogenated alkanes) is 4. The highest BCUT2D eigenvalue weighted by Gasteiger charge is 2.48. The summed E-state index contributed by atoms with van der Waals surface area (Å²) in [6.07, 6.45) is 22.2. The highest BCUT2D eigenvalue weighted by atomic mass is 28.4. The van der Waals surface area contributed by atoms with Crippen LogP contribution in [0.3, 0.4) is 0 Å². The summed E-state index contributed by atoms with van der Waals surface area (Å²) in [4.78, 5) is 50.3. The Balaban J connectivity index is 0.000000257. The molecule has 3 unspecified atom stereocenters. The smallest absolute Gasteiger partial charge is 0.343 e. The summed E-state index contributed by atoms with van der Waals surface area (Å²) < 4.78 is 53.2. The van der Waals surface area contributed by atoms with E-state index >= 15 is 0 Å². The Morgan fingerprint density at radius 3 is 1.84 bits per heavy atom. The first-order valence-electron chi connectivity index (χ1n) is 30.2. The number of carbonyl (C=O) groups is 4. The van der Waals surface area contributed by atoms with E-state index in [4.69, 9.17) is 42.3 Å². The van der Waals surface area contributed by atoms with Crippen molar-refractivity contribution in [1.29, 1.82) is 0 Å². The van der Waals surface area contributed by atoms with Gasteiger partial charge in [-0.3, -0.25) is 9.59 Å². The topological polar surface area (TPSA) is 151 Å². The average Bonchev–Trinajstić information content (AvgIpc) is 3.99. The SMILES string of the molecule is C.CCCCC[C@@H](CCC1=C2[C@H](CC1=O)Cc1c(OCC(=O)OC)cccc1[C@H]2O[Si](C)(C)C(C)(C)C)OC1CCCCO1.CCCCC[C@@H](CCC1C(=O)C[C@@H]2Cc3c(cccc3OCC(=O)OC)C[C@H]12)OC1CCCCO1. The molecule has 0 radical (unpaired) electrons. The quantitative estimate of drug-likeness (QED) is 0.0500. The molecule has 0 N–H and O–H groups in total. The standard InChI is InChI=1S/C35H54O7Si.C29H42O6.CH4/c1-8-9-10-14-25(41-32-17-11-12-20-39-32)18-19-27-29(36)22-24-21-28-26(15-13-16-30(28)40-23-31(37)38-5)34(33(24)27)42-43(6,7)35(2,3)4;1-3-4-5-10-22(35-29-12-6-7-15-33-29)13-14-23-24-16-20-9-8-11-27(34-19-28(31)32-2)25(20)17-21(24)18-26(23)30;/h13,15-16,24-25,32,34H,8-12,14,17-23H2,1-7H3;8-9,11,21-24,29H,3-7,10,12-19H2,1-2H3;1H4/t24-,25-,32?,34+;21-,22-,23?,24-,29?;/m00./s1. The molecule has 442 valence electrons. The Morgan fingerprint density at radius 2 is 1.28 bits per heavy atom. The van der Waals surface area contributed by atoms with Crippen molar-refractivity contribution in [2.24, 2.45) is 23.7 Å². The molecule has 2 heterocycles. The van der Waals surface area contributed by atoms with Crippen molar-refractivity contribution in [2.75, 3.05) is 40.6 Å². The lowest BCUT2D eigenvalue weighted by Crippen LogP contribution is -2.43. The van der Waals surface area contributed by atoms with Crippen molar-refractivity contribution in [3.63, 3.8) is 0 Å². The number of fused-ring (bicyclic) bond motifs is 4. The van der Waals surface area contributed by atoms with Gasteiger partial charge < -0.3 is 42.3 Å². The minimum atomic E-state index is -2.23. The van der Waals surface area contributed by atoms with E-state index in [9.17, 15) is 19.2 Å². The molecule has 0 bridgehead atoms. The number of hydrogen-bond donors (Lipinski definition) is 0. The highest BCUT2D eigenvalue weighted by Crippen LogP contribution is 2.53. The zero-order valence-electron chi connectivity index (χ0n) is 49.1. The highest BCUT2D eigenvalue weighted by molar-refractivity contribution is 6.74. The second-order valence-corrected chi connectivity index (χ2v) is 29.2. The van der Waals surface area contributed by atoms with Crippen LogP contribution in [-0.2, 0) is 71.3 Å². The van der Waals surface area contributed by atoms with Crippen molar-refractivity contribution >= 4 is 31.8 Å². The van der Waals surface area contributed by atoms with Crippen LogP contribution in [0.5, 0.6) is 11.5 Å². The molecule has 4 aliphatic carbocycles. The molecular weight excluding hydrogens is 1020 g/mol. The van der Waals surface area contributed by atoms with Gasteiger partial charge in [0.2, 0.25) is 0 Å². The van der Waals surface area contributed by atoms with E-state index in [0.717, 1.165) is 130 Å². The Labute approximate surface area is 475 Å². The maximum absolute atomic E-state index is 13.7. The molecule has 6 aliphatic rings. The number of ether oxygens (including phenoxy) is 8.